The van der Waals surface area contributed by atoms with Crippen molar-refractivity contribution in [1.29, 1.82) is 0 Å². The molecule has 26 heavy (non-hydrogen) atoms. The first-order valence-electron chi connectivity index (χ1n) is 8.57. The molecule has 9 heteroatoms. The number of nitrogens with zero attached hydrogens (tertiary/aromatic N) is 4. The maximum Gasteiger partial charge on any atom is 0.401 e. The van der Waals surface area contributed by atoms with E-state index in [0.29, 0.717) is 13.1 Å². The quantitative estimate of drug-likeness (QED) is 0.798. The Morgan fingerprint density at radius 1 is 1.19 bits per heavy atom. The van der Waals surface area contributed by atoms with Crippen LogP contribution in [0.1, 0.15) is 12.1 Å². The Balaban J connectivity index is 1.51. The molecule has 1 aromatic rings. The Labute approximate surface area is 149 Å². The van der Waals surface area contributed by atoms with Gasteiger partial charge in [0.15, 0.2) is 0 Å². The van der Waals surface area contributed by atoms with Crippen molar-refractivity contribution in [3.8, 4) is 0 Å². The molecule has 2 fully saturated rings. The summed E-state index contributed by atoms with van der Waals surface area (Å²) in [6, 6.07) is 5.45. The van der Waals surface area contributed by atoms with E-state index in [0.717, 1.165) is 5.69 Å². The van der Waals surface area contributed by atoms with Gasteiger partial charge < -0.3 is 9.80 Å². The van der Waals surface area contributed by atoms with Crippen LogP contribution in [-0.4, -0.2) is 76.9 Å². The number of rotatable bonds is 4. The molecule has 142 valence electrons. The van der Waals surface area contributed by atoms with Crippen LogP contribution in [0, 0.1) is 5.92 Å². The van der Waals surface area contributed by atoms with Gasteiger partial charge in [0.1, 0.15) is 0 Å². The third-order valence-corrected chi connectivity index (χ3v) is 4.73. The highest BCUT2D eigenvalue weighted by molar-refractivity contribution is 5.89. The van der Waals surface area contributed by atoms with Crippen molar-refractivity contribution < 1.29 is 22.8 Å². The number of halogens is 3. The van der Waals surface area contributed by atoms with Crippen molar-refractivity contribution in [2.45, 2.75) is 19.1 Å². The van der Waals surface area contributed by atoms with Gasteiger partial charge in [-0.3, -0.25) is 19.5 Å². The van der Waals surface area contributed by atoms with Gasteiger partial charge in [0.05, 0.1) is 24.7 Å². The zero-order chi connectivity index (χ0) is 18.7. The number of amides is 2. The largest absolute Gasteiger partial charge is 0.401 e. The van der Waals surface area contributed by atoms with Crippen molar-refractivity contribution >= 4 is 11.8 Å². The van der Waals surface area contributed by atoms with Gasteiger partial charge in [0.2, 0.25) is 11.8 Å². The molecule has 3 rings (SSSR count). The van der Waals surface area contributed by atoms with E-state index in [1.807, 2.05) is 12.1 Å². The molecule has 2 aliphatic rings. The predicted octanol–water partition coefficient (Wildman–Crippen LogP) is 1.14. The van der Waals surface area contributed by atoms with Crippen LogP contribution in [0.3, 0.4) is 0 Å². The molecule has 0 spiro atoms. The van der Waals surface area contributed by atoms with Gasteiger partial charge in [-0.1, -0.05) is 6.07 Å². The van der Waals surface area contributed by atoms with Crippen LogP contribution in [-0.2, 0) is 16.1 Å². The summed E-state index contributed by atoms with van der Waals surface area (Å²) in [5.74, 6) is -0.668. The second kappa shape index (κ2) is 7.61. The van der Waals surface area contributed by atoms with Crippen molar-refractivity contribution in [3.05, 3.63) is 30.1 Å². The highest BCUT2D eigenvalue weighted by Crippen LogP contribution is 2.23. The van der Waals surface area contributed by atoms with Crippen LogP contribution in [0.25, 0.3) is 0 Å². The molecular formula is C17H21F3N4O2. The molecule has 0 saturated carbocycles. The van der Waals surface area contributed by atoms with Gasteiger partial charge in [-0.25, -0.2) is 0 Å². The fraction of sp³-hybridized carbons (Fsp3) is 0.588. The fourth-order valence-electron chi connectivity index (χ4n) is 3.42. The molecule has 1 aromatic heterocycles. The zero-order valence-electron chi connectivity index (χ0n) is 14.3. The molecule has 0 aliphatic carbocycles. The van der Waals surface area contributed by atoms with Gasteiger partial charge in [0.25, 0.3) is 0 Å². The van der Waals surface area contributed by atoms with E-state index in [1.165, 1.54) is 4.90 Å². The van der Waals surface area contributed by atoms with E-state index in [4.69, 9.17) is 0 Å². The number of hydrogen-bond acceptors (Lipinski definition) is 4. The number of hydrogen-bond donors (Lipinski definition) is 0. The third-order valence-electron chi connectivity index (χ3n) is 4.73. The second-order valence-corrected chi connectivity index (χ2v) is 6.71. The zero-order valence-corrected chi connectivity index (χ0v) is 14.3. The number of alkyl halides is 3. The number of pyridine rings is 1. The molecular weight excluding hydrogens is 349 g/mol. The number of likely N-dealkylation sites (tertiary alicyclic amines) is 1. The summed E-state index contributed by atoms with van der Waals surface area (Å²) in [5, 5.41) is 0. The van der Waals surface area contributed by atoms with Gasteiger partial charge >= 0.3 is 6.18 Å². The number of aromatic nitrogens is 1. The first-order chi connectivity index (χ1) is 12.3. The molecule has 6 nitrogen and oxygen atoms in total. The normalized spacial score (nSPS) is 22.1. The van der Waals surface area contributed by atoms with Crippen LogP contribution in [0.5, 0.6) is 0 Å². The monoisotopic (exact) mass is 370 g/mol. The Hall–Kier alpha value is -2.16. The van der Waals surface area contributed by atoms with Gasteiger partial charge in [0, 0.05) is 45.3 Å². The minimum absolute atomic E-state index is 0.0929. The first kappa shape index (κ1) is 18.6. The average molecular weight is 370 g/mol. The van der Waals surface area contributed by atoms with Crippen LogP contribution < -0.4 is 0 Å². The topological polar surface area (TPSA) is 56.8 Å². The molecule has 0 N–H and O–H groups in total. The summed E-state index contributed by atoms with van der Waals surface area (Å²) in [5.41, 5.74) is 0.759. The maximum absolute atomic E-state index is 12.6. The fourth-order valence-corrected chi connectivity index (χ4v) is 3.42. The molecule has 0 bridgehead atoms. The smallest absolute Gasteiger partial charge is 0.340 e. The summed E-state index contributed by atoms with van der Waals surface area (Å²) >= 11 is 0. The van der Waals surface area contributed by atoms with Crippen LogP contribution in [0.2, 0.25) is 0 Å². The molecule has 2 saturated heterocycles. The van der Waals surface area contributed by atoms with Crippen LogP contribution in [0.15, 0.2) is 24.4 Å². The summed E-state index contributed by atoms with van der Waals surface area (Å²) in [7, 11) is 0. The summed E-state index contributed by atoms with van der Waals surface area (Å²) in [6.45, 7) is 0.668. The molecule has 0 aromatic carbocycles. The van der Waals surface area contributed by atoms with Crippen LogP contribution >= 0.6 is 0 Å². The SMILES string of the molecule is O=C1C[C@H](C(=O)N2CCN(CC(F)(F)F)CC2)CN1Cc1ccccn1. The Kier molecular flexibility index (Phi) is 5.45. The van der Waals surface area contributed by atoms with Crippen molar-refractivity contribution in [2.24, 2.45) is 5.92 Å². The van der Waals surface area contributed by atoms with Crippen LogP contribution in [0.4, 0.5) is 13.2 Å². The van der Waals surface area contributed by atoms with E-state index in [2.05, 4.69) is 4.98 Å². The van der Waals surface area contributed by atoms with Crippen molar-refractivity contribution in [2.75, 3.05) is 39.3 Å². The molecule has 2 aliphatic heterocycles. The van der Waals surface area contributed by atoms with Crippen molar-refractivity contribution in [3.63, 3.8) is 0 Å². The lowest BCUT2D eigenvalue weighted by Crippen LogP contribution is -2.52. The first-order valence-corrected chi connectivity index (χ1v) is 8.57. The number of carbonyl (C=O) groups is 2. The van der Waals surface area contributed by atoms with E-state index < -0.39 is 18.6 Å². The van der Waals surface area contributed by atoms with Gasteiger partial charge in [-0.2, -0.15) is 13.2 Å². The maximum atomic E-state index is 12.6. The lowest BCUT2D eigenvalue weighted by Gasteiger charge is -2.36. The highest BCUT2D eigenvalue weighted by Gasteiger charge is 2.38. The van der Waals surface area contributed by atoms with E-state index in [1.54, 1.807) is 22.1 Å². The van der Waals surface area contributed by atoms with E-state index in [9.17, 15) is 22.8 Å². The lowest BCUT2D eigenvalue weighted by atomic mass is 10.1. The highest BCUT2D eigenvalue weighted by atomic mass is 19.4. The molecule has 3 heterocycles. The Bertz CT molecular complexity index is 645. The molecule has 2 amide bonds. The van der Waals surface area contributed by atoms with Gasteiger partial charge in [-0.15, -0.1) is 0 Å². The Morgan fingerprint density at radius 2 is 1.92 bits per heavy atom. The van der Waals surface area contributed by atoms with E-state index >= 15 is 0 Å². The average Bonchev–Trinajstić information content (AvgIpc) is 2.95. The summed E-state index contributed by atoms with van der Waals surface area (Å²) in [6.07, 6.45) is -2.43. The minimum atomic E-state index is -4.23. The lowest BCUT2D eigenvalue weighted by molar-refractivity contribution is -0.152. The molecule has 0 unspecified atom stereocenters. The molecule has 1 atom stereocenters. The third kappa shape index (κ3) is 4.72. The number of piperazine rings is 1. The predicted molar refractivity (Wildman–Crippen MR) is 86.8 cm³/mol. The number of carbonyl (C=O) groups excluding carboxylic acids is 2. The standard InChI is InChI=1S/C17H21F3N4O2/c18-17(19,20)12-22-5-7-23(8-6-22)16(26)13-9-15(25)24(10-13)11-14-3-1-2-4-21-14/h1-4,13H,5-12H2/t13-/m0/s1. The summed E-state index contributed by atoms with van der Waals surface area (Å²) in [4.78, 5) is 33.5. The van der Waals surface area contributed by atoms with E-state index in [-0.39, 0.29) is 44.4 Å². The van der Waals surface area contributed by atoms with Gasteiger partial charge in [-0.05, 0) is 12.1 Å². The second-order valence-electron chi connectivity index (χ2n) is 6.71. The molecule has 0 radical (unpaired) electrons. The van der Waals surface area contributed by atoms with Crippen molar-refractivity contribution in [1.82, 2.24) is 19.7 Å². The summed E-state index contributed by atoms with van der Waals surface area (Å²) < 4.78 is 37.3. The minimum Gasteiger partial charge on any atom is -0.340 e. The Morgan fingerprint density at radius 3 is 2.54 bits per heavy atom.